The maximum Gasteiger partial charge on any atom is 0.306 e. The number of ether oxygens (including phenoxy) is 2. The van der Waals surface area contributed by atoms with E-state index in [0.29, 0.717) is 12.8 Å². The highest BCUT2D eigenvalue weighted by molar-refractivity contribution is 5.70. The lowest BCUT2D eigenvalue weighted by Gasteiger charge is -2.15. The first kappa shape index (κ1) is 77.8. The Kier molecular flexibility index (Phi) is 67.4. The summed E-state index contributed by atoms with van der Waals surface area (Å²) in [6.45, 7) is 3.93. The van der Waals surface area contributed by atoms with Crippen molar-refractivity contribution in [3.8, 4) is 0 Å². The summed E-state index contributed by atoms with van der Waals surface area (Å²) in [4.78, 5) is 24.7. The summed E-state index contributed by atoms with van der Waals surface area (Å²) in [7, 11) is 0. The molecule has 0 saturated carbocycles. The van der Waals surface area contributed by atoms with Crippen LogP contribution in [0.5, 0.6) is 0 Å². The van der Waals surface area contributed by atoms with E-state index in [9.17, 15) is 14.7 Å². The van der Waals surface area contributed by atoms with Crippen molar-refractivity contribution in [2.24, 2.45) is 0 Å². The molecule has 0 fully saturated rings. The predicted octanol–water partition coefficient (Wildman–Crippen LogP) is 24.1. The van der Waals surface area contributed by atoms with Gasteiger partial charge in [-0.25, -0.2) is 0 Å². The standard InChI is InChI=1S/C77H128O5/c1-3-5-7-9-11-13-15-17-19-21-23-25-27-29-31-33-34-35-36-37-38-39-40-41-42-44-46-48-50-52-54-56-58-60-62-64-66-68-70-72-77(80)82-75(73-78)74-81-76(79)71-69-67-65-63-61-59-57-55-53-51-49-47-45-43-32-30-28-26-24-22-20-18-16-14-12-10-8-6-4-2/h5-8,11-14,17-20,23-26,29-32,34-35,45,47,75,78H,3-4,9-10,15-16,21-22,27-28,33,36-44,46,48-74H2,1-2H3/b7-5-,8-6-,13-11-,14-12-,19-17-,20-18-,25-23-,26-24-,31-29-,32-30-,35-34-,47-45-. The quantitative estimate of drug-likeness (QED) is 0.0373. The minimum Gasteiger partial charge on any atom is -0.462 e. The summed E-state index contributed by atoms with van der Waals surface area (Å²) < 4.78 is 10.8. The first-order chi connectivity index (χ1) is 40.6. The molecule has 466 valence electrons. The fraction of sp³-hybridized carbons (Fsp3) is 0.662. The van der Waals surface area contributed by atoms with Gasteiger partial charge in [0, 0.05) is 12.8 Å². The molecule has 0 spiro atoms. The molecule has 0 radical (unpaired) electrons. The van der Waals surface area contributed by atoms with E-state index in [4.69, 9.17) is 9.47 Å². The summed E-state index contributed by atoms with van der Waals surface area (Å²) in [5.41, 5.74) is 0. The fourth-order valence-corrected chi connectivity index (χ4v) is 9.57. The van der Waals surface area contributed by atoms with Crippen LogP contribution in [0, 0.1) is 0 Å². The van der Waals surface area contributed by atoms with Gasteiger partial charge in [-0.3, -0.25) is 9.59 Å². The Bertz CT molecular complexity index is 1710. The van der Waals surface area contributed by atoms with Gasteiger partial charge >= 0.3 is 11.9 Å². The first-order valence-electron chi connectivity index (χ1n) is 34.4. The van der Waals surface area contributed by atoms with Crippen molar-refractivity contribution >= 4 is 11.9 Å². The second-order valence-electron chi connectivity index (χ2n) is 22.5. The van der Waals surface area contributed by atoms with Crippen LogP contribution in [0.2, 0.25) is 0 Å². The molecule has 0 aliphatic heterocycles. The third-order valence-electron chi connectivity index (χ3n) is 14.6. The van der Waals surface area contributed by atoms with E-state index in [1.165, 1.54) is 167 Å². The number of esters is 2. The van der Waals surface area contributed by atoms with E-state index in [1.807, 2.05) is 0 Å². The number of carbonyl (C=O) groups is 2. The highest BCUT2D eigenvalue weighted by Crippen LogP contribution is 2.17. The first-order valence-corrected chi connectivity index (χ1v) is 34.4. The van der Waals surface area contributed by atoms with Crippen LogP contribution in [-0.4, -0.2) is 36.4 Å². The molecule has 1 atom stereocenters. The van der Waals surface area contributed by atoms with Gasteiger partial charge in [0.2, 0.25) is 0 Å². The zero-order chi connectivity index (χ0) is 59.1. The van der Waals surface area contributed by atoms with E-state index in [1.54, 1.807) is 0 Å². The largest absolute Gasteiger partial charge is 0.462 e. The van der Waals surface area contributed by atoms with Gasteiger partial charge in [0.25, 0.3) is 0 Å². The Labute approximate surface area is 508 Å². The van der Waals surface area contributed by atoms with Crippen LogP contribution in [0.4, 0.5) is 0 Å². The number of carbonyl (C=O) groups excluding carboxylic acids is 2. The topological polar surface area (TPSA) is 72.8 Å². The smallest absolute Gasteiger partial charge is 0.306 e. The monoisotopic (exact) mass is 1130 g/mol. The Morgan fingerprint density at radius 2 is 0.488 bits per heavy atom. The van der Waals surface area contributed by atoms with E-state index in [-0.39, 0.29) is 25.2 Å². The van der Waals surface area contributed by atoms with Crippen molar-refractivity contribution in [1.29, 1.82) is 0 Å². The van der Waals surface area contributed by atoms with Gasteiger partial charge in [0.05, 0.1) is 6.61 Å². The van der Waals surface area contributed by atoms with Crippen molar-refractivity contribution in [3.05, 3.63) is 146 Å². The molecule has 0 bridgehead atoms. The van der Waals surface area contributed by atoms with Crippen LogP contribution in [-0.2, 0) is 19.1 Å². The lowest BCUT2D eigenvalue weighted by molar-refractivity contribution is -0.161. The Morgan fingerprint density at radius 1 is 0.280 bits per heavy atom. The molecule has 82 heavy (non-hydrogen) atoms. The molecule has 0 saturated heterocycles. The Hall–Kier alpha value is -4.22. The van der Waals surface area contributed by atoms with Crippen molar-refractivity contribution in [3.63, 3.8) is 0 Å². The molecule has 0 aliphatic carbocycles. The number of aliphatic hydroxyl groups excluding tert-OH is 1. The van der Waals surface area contributed by atoms with Crippen molar-refractivity contribution in [2.45, 2.75) is 315 Å². The van der Waals surface area contributed by atoms with Crippen LogP contribution < -0.4 is 0 Å². The zero-order valence-electron chi connectivity index (χ0n) is 53.5. The summed E-state index contributed by atoms with van der Waals surface area (Å²) in [5.74, 6) is -0.591. The summed E-state index contributed by atoms with van der Waals surface area (Å²) in [5, 5.41) is 9.70. The van der Waals surface area contributed by atoms with E-state index in [2.05, 4.69) is 160 Å². The summed E-state index contributed by atoms with van der Waals surface area (Å²) in [6.07, 6.45) is 107. The maximum atomic E-state index is 12.4. The van der Waals surface area contributed by atoms with E-state index < -0.39 is 6.10 Å². The molecule has 5 heteroatoms. The van der Waals surface area contributed by atoms with Gasteiger partial charge in [-0.2, -0.15) is 0 Å². The van der Waals surface area contributed by atoms with Gasteiger partial charge in [0.15, 0.2) is 6.10 Å². The van der Waals surface area contributed by atoms with Gasteiger partial charge in [-0.1, -0.05) is 327 Å². The van der Waals surface area contributed by atoms with E-state index in [0.717, 1.165) is 116 Å². The molecule has 0 aromatic carbocycles. The highest BCUT2D eigenvalue weighted by atomic mass is 16.6. The average molecular weight is 1130 g/mol. The number of hydrogen-bond donors (Lipinski definition) is 1. The molecule has 1 unspecified atom stereocenters. The van der Waals surface area contributed by atoms with Crippen molar-refractivity contribution in [2.75, 3.05) is 13.2 Å². The summed E-state index contributed by atoms with van der Waals surface area (Å²) >= 11 is 0. The molecular formula is C77H128O5. The maximum absolute atomic E-state index is 12.4. The molecule has 0 rings (SSSR count). The Morgan fingerprint density at radius 3 is 0.732 bits per heavy atom. The number of aliphatic hydroxyl groups is 1. The normalized spacial score (nSPS) is 13.2. The molecule has 1 N–H and O–H groups in total. The second kappa shape index (κ2) is 71.0. The highest BCUT2D eigenvalue weighted by Gasteiger charge is 2.16. The van der Waals surface area contributed by atoms with Crippen LogP contribution in [0.15, 0.2) is 146 Å². The molecule has 0 aromatic rings. The summed E-state index contributed by atoms with van der Waals surface area (Å²) in [6, 6.07) is 0. The van der Waals surface area contributed by atoms with Crippen LogP contribution in [0.25, 0.3) is 0 Å². The van der Waals surface area contributed by atoms with Gasteiger partial charge in [-0.05, 0) is 116 Å². The fourth-order valence-electron chi connectivity index (χ4n) is 9.57. The number of hydrogen-bond acceptors (Lipinski definition) is 5. The minimum atomic E-state index is -0.783. The second-order valence-corrected chi connectivity index (χ2v) is 22.5. The number of unbranched alkanes of at least 4 members (excludes halogenated alkanes) is 30. The average Bonchev–Trinajstić information content (AvgIpc) is 3.49. The molecule has 5 nitrogen and oxygen atoms in total. The van der Waals surface area contributed by atoms with Gasteiger partial charge < -0.3 is 14.6 Å². The van der Waals surface area contributed by atoms with Gasteiger partial charge in [0.1, 0.15) is 6.61 Å². The van der Waals surface area contributed by atoms with Crippen molar-refractivity contribution < 1.29 is 24.2 Å². The molecule has 0 aromatic heterocycles. The number of rotatable bonds is 62. The molecule has 0 heterocycles. The minimum absolute atomic E-state index is 0.0725. The van der Waals surface area contributed by atoms with Crippen LogP contribution in [0.1, 0.15) is 309 Å². The molecule has 0 aliphatic rings. The van der Waals surface area contributed by atoms with Crippen LogP contribution in [0.3, 0.4) is 0 Å². The zero-order valence-corrected chi connectivity index (χ0v) is 53.5. The van der Waals surface area contributed by atoms with Gasteiger partial charge in [-0.15, -0.1) is 0 Å². The lowest BCUT2D eigenvalue weighted by Crippen LogP contribution is -2.28. The SMILES string of the molecule is CC/C=C\C/C=C\C/C=C\C/C=C\C/C=C\C/C=C\CCCCCCCCCCCCCCCCCCCCCCC(=O)OC(CO)COC(=O)CCCCCCCCCCCC/C=C\C/C=C\C/C=C\C/C=C\C/C=C\C/C=C\CC. The molecule has 0 amide bonds. The predicted molar refractivity (Wildman–Crippen MR) is 361 cm³/mol. The third kappa shape index (κ3) is 68.3. The number of allylic oxidation sites excluding steroid dienone is 24. The van der Waals surface area contributed by atoms with Crippen molar-refractivity contribution in [1.82, 2.24) is 0 Å². The Balaban J connectivity index is 3.48. The lowest BCUT2D eigenvalue weighted by atomic mass is 10.0. The molecular weight excluding hydrogens is 1000 g/mol. The van der Waals surface area contributed by atoms with Crippen LogP contribution >= 0.6 is 0 Å². The van der Waals surface area contributed by atoms with E-state index >= 15 is 0 Å². The third-order valence-corrected chi connectivity index (χ3v) is 14.6.